The molecule has 3 nitrogen and oxygen atoms in total. The molecule has 0 aliphatic carbocycles. The molecule has 0 amide bonds. The van der Waals surface area contributed by atoms with E-state index in [9.17, 15) is 4.79 Å². The predicted molar refractivity (Wildman–Crippen MR) is 74.1 cm³/mol. The first kappa shape index (κ1) is 16.4. The largest absolute Gasteiger partial charge is 0.469 e. The quantitative estimate of drug-likeness (QED) is 0.870. The summed E-state index contributed by atoms with van der Waals surface area (Å²) < 4.78 is 5.70. The maximum Gasteiger partial charge on any atom is 0.313 e. The van der Waals surface area contributed by atoms with E-state index in [1.807, 2.05) is 24.3 Å². The van der Waals surface area contributed by atoms with Gasteiger partial charge in [-0.15, -0.1) is 12.4 Å². The fourth-order valence-corrected chi connectivity index (χ4v) is 1.92. The van der Waals surface area contributed by atoms with Crippen LogP contribution in [0.25, 0.3) is 0 Å². The van der Waals surface area contributed by atoms with Gasteiger partial charge in [-0.25, -0.2) is 0 Å². The van der Waals surface area contributed by atoms with Crippen LogP contribution >= 0.6 is 28.3 Å². The molecule has 5 heteroatoms. The number of rotatable bonds is 3. The van der Waals surface area contributed by atoms with Gasteiger partial charge in [-0.05, 0) is 31.5 Å². The van der Waals surface area contributed by atoms with Gasteiger partial charge in [0.2, 0.25) is 0 Å². The lowest BCUT2D eigenvalue weighted by atomic mass is 9.81. The van der Waals surface area contributed by atoms with Crippen LogP contribution < -0.4 is 5.73 Å². The van der Waals surface area contributed by atoms with E-state index in [0.717, 1.165) is 10.0 Å². The van der Waals surface area contributed by atoms with Crippen LogP contribution in [-0.2, 0) is 9.53 Å². The van der Waals surface area contributed by atoms with E-state index in [2.05, 4.69) is 15.9 Å². The van der Waals surface area contributed by atoms with Gasteiger partial charge in [-0.1, -0.05) is 28.1 Å². The summed E-state index contributed by atoms with van der Waals surface area (Å²) in [5, 5.41) is 0. The number of methoxy groups -OCH3 is 1. The highest BCUT2D eigenvalue weighted by Crippen LogP contribution is 2.33. The fourth-order valence-electron chi connectivity index (χ4n) is 1.51. The summed E-state index contributed by atoms with van der Waals surface area (Å²) in [7, 11) is 1.37. The van der Waals surface area contributed by atoms with Gasteiger partial charge in [0.05, 0.1) is 12.5 Å². The molecule has 2 N–H and O–H groups in total. The van der Waals surface area contributed by atoms with Gasteiger partial charge in [-0.3, -0.25) is 4.79 Å². The van der Waals surface area contributed by atoms with Gasteiger partial charge in [-0.2, -0.15) is 0 Å². The van der Waals surface area contributed by atoms with Crippen molar-refractivity contribution >= 4 is 34.3 Å². The molecule has 1 aromatic carbocycles. The standard InChI is InChI=1S/C12H16BrNO2.ClH/c1-12(2,11(15)16-3)10(14)8-5-4-6-9(13)7-8;/h4-7,10H,14H2,1-3H3;1H/t10-;/m0./s1. The summed E-state index contributed by atoms with van der Waals surface area (Å²) in [4.78, 5) is 11.6. The predicted octanol–water partition coefficient (Wildman–Crippen LogP) is 3.07. The molecule has 0 radical (unpaired) electrons. The summed E-state index contributed by atoms with van der Waals surface area (Å²) in [6.07, 6.45) is 0. The SMILES string of the molecule is COC(=O)C(C)(C)[C@@H](N)c1cccc(Br)c1.Cl. The Bertz CT molecular complexity index is 396. The van der Waals surface area contributed by atoms with Crippen molar-refractivity contribution in [2.45, 2.75) is 19.9 Å². The maximum absolute atomic E-state index is 11.6. The molecule has 0 bridgehead atoms. The van der Waals surface area contributed by atoms with Crippen molar-refractivity contribution in [1.29, 1.82) is 0 Å². The second-order valence-electron chi connectivity index (χ2n) is 4.25. The second-order valence-corrected chi connectivity index (χ2v) is 5.16. The monoisotopic (exact) mass is 321 g/mol. The van der Waals surface area contributed by atoms with Crippen molar-refractivity contribution in [3.05, 3.63) is 34.3 Å². The molecule has 0 spiro atoms. The molecule has 0 aliphatic rings. The van der Waals surface area contributed by atoms with Crippen molar-refractivity contribution in [3.63, 3.8) is 0 Å². The lowest BCUT2D eigenvalue weighted by molar-refractivity contribution is -0.152. The Morgan fingerprint density at radius 3 is 2.53 bits per heavy atom. The average Bonchev–Trinajstić information content (AvgIpc) is 2.26. The first-order chi connectivity index (χ1) is 7.39. The summed E-state index contributed by atoms with van der Waals surface area (Å²) in [5.41, 5.74) is 6.26. The molecule has 1 rings (SSSR count). The summed E-state index contributed by atoms with van der Waals surface area (Å²) in [6, 6.07) is 7.24. The Kier molecular flexibility index (Phi) is 6.16. The fraction of sp³-hybridized carbons (Fsp3) is 0.417. The van der Waals surface area contributed by atoms with E-state index in [4.69, 9.17) is 10.5 Å². The zero-order valence-electron chi connectivity index (χ0n) is 10.1. The molecule has 0 fully saturated rings. The minimum Gasteiger partial charge on any atom is -0.469 e. The molecule has 1 aromatic rings. The molecular formula is C12H17BrClNO2. The van der Waals surface area contributed by atoms with Crippen LogP contribution in [0, 0.1) is 5.41 Å². The van der Waals surface area contributed by atoms with Crippen molar-refractivity contribution in [1.82, 2.24) is 0 Å². The van der Waals surface area contributed by atoms with Crippen LogP contribution in [-0.4, -0.2) is 13.1 Å². The van der Waals surface area contributed by atoms with E-state index in [-0.39, 0.29) is 18.4 Å². The van der Waals surface area contributed by atoms with Gasteiger partial charge in [0, 0.05) is 10.5 Å². The van der Waals surface area contributed by atoms with E-state index in [1.54, 1.807) is 13.8 Å². The zero-order valence-corrected chi connectivity index (χ0v) is 12.5. The van der Waals surface area contributed by atoms with E-state index >= 15 is 0 Å². The first-order valence-corrected chi connectivity index (χ1v) is 5.78. The Balaban J connectivity index is 0.00000256. The van der Waals surface area contributed by atoms with Crippen LogP contribution in [0.4, 0.5) is 0 Å². The van der Waals surface area contributed by atoms with Crippen LogP contribution in [0.3, 0.4) is 0 Å². The average molecular weight is 323 g/mol. The number of carbonyl (C=O) groups excluding carboxylic acids is 1. The molecule has 0 unspecified atom stereocenters. The molecule has 1 atom stereocenters. The minimum absolute atomic E-state index is 0. The topological polar surface area (TPSA) is 52.3 Å². The third-order valence-electron chi connectivity index (χ3n) is 2.70. The van der Waals surface area contributed by atoms with E-state index < -0.39 is 11.5 Å². The molecule has 0 saturated heterocycles. The maximum atomic E-state index is 11.6. The number of carbonyl (C=O) groups is 1. The van der Waals surface area contributed by atoms with Crippen molar-refractivity contribution < 1.29 is 9.53 Å². The lowest BCUT2D eigenvalue weighted by Crippen LogP contribution is -2.37. The molecule has 0 heterocycles. The Morgan fingerprint density at radius 2 is 2.06 bits per heavy atom. The van der Waals surface area contributed by atoms with Crippen LogP contribution in [0.5, 0.6) is 0 Å². The summed E-state index contributed by atoms with van der Waals surface area (Å²) in [6.45, 7) is 3.56. The van der Waals surface area contributed by atoms with Gasteiger partial charge < -0.3 is 10.5 Å². The number of esters is 1. The molecular weight excluding hydrogens is 305 g/mol. The number of nitrogens with two attached hydrogens (primary N) is 1. The molecule has 0 aromatic heterocycles. The highest BCUT2D eigenvalue weighted by atomic mass is 79.9. The highest BCUT2D eigenvalue weighted by Gasteiger charge is 2.36. The number of benzene rings is 1. The van der Waals surface area contributed by atoms with E-state index in [0.29, 0.717) is 0 Å². The van der Waals surface area contributed by atoms with Crippen molar-refractivity contribution in [2.75, 3.05) is 7.11 Å². The van der Waals surface area contributed by atoms with E-state index in [1.165, 1.54) is 7.11 Å². The van der Waals surface area contributed by atoms with Crippen LogP contribution in [0.15, 0.2) is 28.7 Å². The summed E-state index contributed by atoms with van der Waals surface area (Å²) in [5.74, 6) is -0.306. The number of ether oxygens (including phenoxy) is 1. The molecule has 17 heavy (non-hydrogen) atoms. The smallest absolute Gasteiger partial charge is 0.313 e. The molecule has 0 aliphatic heterocycles. The Labute approximate surface area is 116 Å². The second kappa shape index (κ2) is 6.38. The minimum atomic E-state index is -0.741. The lowest BCUT2D eigenvalue weighted by Gasteiger charge is -2.29. The van der Waals surface area contributed by atoms with Gasteiger partial charge in [0.15, 0.2) is 0 Å². The normalized spacial score (nSPS) is 12.5. The zero-order chi connectivity index (χ0) is 12.3. The van der Waals surface area contributed by atoms with Gasteiger partial charge in [0.25, 0.3) is 0 Å². The first-order valence-electron chi connectivity index (χ1n) is 4.99. The number of hydrogen-bond acceptors (Lipinski definition) is 3. The van der Waals surface area contributed by atoms with Gasteiger partial charge in [0.1, 0.15) is 0 Å². The Morgan fingerprint density at radius 1 is 1.47 bits per heavy atom. The highest BCUT2D eigenvalue weighted by molar-refractivity contribution is 9.10. The number of halogens is 2. The van der Waals surface area contributed by atoms with Gasteiger partial charge >= 0.3 is 5.97 Å². The third-order valence-corrected chi connectivity index (χ3v) is 3.19. The molecule has 96 valence electrons. The summed E-state index contributed by atoms with van der Waals surface area (Å²) >= 11 is 3.38. The third kappa shape index (κ3) is 3.69. The van der Waals surface area contributed by atoms with Crippen LogP contribution in [0.1, 0.15) is 25.5 Å². The van der Waals surface area contributed by atoms with Crippen molar-refractivity contribution in [3.8, 4) is 0 Å². The molecule has 0 saturated carbocycles. The van der Waals surface area contributed by atoms with Crippen LogP contribution in [0.2, 0.25) is 0 Å². The number of hydrogen-bond donors (Lipinski definition) is 1. The van der Waals surface area contributed by atoms with Crippen molar-refractivity contribution in [2.24, 2.45) is 11.1 Å². The Hall–Kier alpha value is -0.580.